The van der Waals surface area contributed by atoms with Gasteiger partial charge in [-0.1, -0.05) is 25.0 Å². The largest absolute Gasteiger partial charge is 0.370 e. The normalized spacial score (nSPS) is 27.8. The molecule has 0 bridgehead atoms. The molecule has 3 heterocycles. The van der Waals surface area contributed by atoms with Crippen LogP contribution in [0, 0.1) is 5.41 Å². The highest BCUT2D eigenvalue weighted by Gasteiger charge is 2.45. The quantitative estimate of drug-likeness (QED) is 0.728. The molecule has 160 valence electrons. The molecule has 6 nitrogen and oxygen atoms in total. The number of carbonyl (C=O) groups is 1. The van der Waals surface area contributed by atoms with Crippen molar-refractivity contribution in [3.8, 4) is 0 Å². The van der Waals surface area contributed by atoms with E-state index in [-0.39, 0.29) is 11.5 Å². The van der Waals surface area contributed by atoms with Gasteiger partial charge in [-0.15, -0.1) is 0 Å². The minimum absolute atomic E-state index is 0.0137. The van der Waals surface area contributed by atoms with Crippen LogP contribution in [0.2, 0.25) is 0 Å². The van der Waals surface area contributed by atoms with Crippen LogP contribution in [0.1, 0.15) is 63.5 Å². The molecule has 2 aliphatic heterocycles. The van der Waals surface area contributed by atoms with Crippen molar-refractivity contribution in [2.24, 2.45) is 12.5 Å². The molecule has 3 aliphatic rings. The smallest absolute Gasteiger partial charge is 0.289 e. The number of morpholine rings is 1. The molecule has 0 radical (unpaired) electrons. The molecule has 1 atom stereocenters. The summed E-state index contributed by atoms with van der Waals surface area (Å²) in [6.07, 6.45) is 9.45. The van der Waals surface area contributed by atoms with Crippen molar-refractivity contribution < 1.29 is 9.53 Å². The lowest BCUT2D eigenvalue weighted by molar-refractivity contribution is -0.0998. The van der Waals surface area contributed by atoms with Crippen LogP contribution >= 0.6 is 0 Å². The Morgan fingerprint density at radius 2 is 2.07 bits per heavy atom. The van der Waals surface area contributed by atoms with Crippen molar-refractivity contribution in [3.05, 3.63) is 29.4 Å². The summed E-state index contributed by atoms with van der Waals surface area (Å²) >= 11 is 0. The van der Waals surface area contributed by atoms with Gasteiger partial charge in [0, 0.05) is 45.6 Å². The van der Waals surface area contributed by atoms with Gasteiger partial charge in [0.25, 0.3) is 5.91 Å². The van der Waals surface area contributed by atoms with Crippen LogP contribution in [0.3, 0.4) is 0 Å². The molecule has 1 amide bonds. The molecule has 1 unspecified atom stereocenters. The summed E-state index contributed by atoms with van der Waals surface area (Å²) in [5, 5.41) is 0. The van der Waals surface area contributed by atoms with Crippen molar-refractivity contribution >= 4 is 5.91 Å². The van der Waals surface area contributed by atoms with E-state index in [2.05, 4.69) is 30.7 Å². The first-order valence-corrected chi connectivity index (χ1v) is 11.1. The summed E-state index contributed by atoms with van der Waals surface area (Å²) in [5.74, 6) is 0.525. The zero-order chi connectivity index (χ0) is 20.6. The van der Waals surface area contributed by atoms with E-state index in [1.165, 1.54) is 19.3 Å². The Kier molecular flexibility index (Phi) is 5.60. The summed E-state index contributed by atoms with van der Waals surface area (Å²) in [6, 6.07) is 0. The Hall–Kier alpha value is -1.66. The lowest BCUT2D eigenvalue weighted by Crippen LogP contribution is -2.53. The molecular formula is C23H36N4O2. The molecule has 29 heavy (non-hydrogen) atoms. The predicted molar refractivity (Wildman–Crippen MR) is 114 cm³/mol. The van der Waals surface area contributed by atoms with Gasteiger partial charge in [0.2, 0.25) is 0 Å². The van der Waals surface area contributed by atoms with E-state index in [0.717, 1.165) is 45.6 Å². The second-order valence-corrected chi connectivity index (χ2v) is 9.89. The summed E-state index contributed by atoms with van der Waals surface area (Å²) in [7, 11) is 1.87. The third-order valence-electron chi connectivity index (χ3n) is 7.31. The first kappa shape index (κ1) is 20.6. The summed E-state index contributed by atoms with van der Waals surface area (Å²) < 4.78 is 8.06. The van der Waals surface area contributed by atoms with Gasteiger partial charge >= 0.3 is 0 Å². The van der Waals surface area contributed by atoms with Crippen LogP contribution < -0.4 is 0 Å². The topological polar surface area (TPSA) is 50.6 Å². The SMILES string of the molecule is CC1=C(CCN2CCOC3(CCN(C(=O)c4nccn4C)C3)C2)C(C)(C)CCC1. The molecule has 6 heteroatoms. The molecule has 1 aliphatic carbocycles. The molecule has 1 spiro atoms. The number of amides is 1. The molecule has 0 saturated carbocycles. The number of hydrogen-bond donors (Lipinski definition) is 0. The van der Waals surface area contributed by atoms with Crippen LogP contribution in [0.5, 0.6) is 0 Å². The van der Waals surface area contributed by atoms with Gasteiger partial charge in [-0.05, 0) is 44.4 Å². The monoisotopic (exact) mass is 400 g/mol. The van der Waals surface area contributed by atoms with E-state index in [4.69, 9.17) is 4.74 Å². The zero-order valence-corrected chi connectivity index (χ0v) is 18.5. The number of aryl methyl sites for hydroxylation is 1. The van der Waals surface area contributed by atoms with E-state index in [1.807, 2.05) is 18.1 Å². The van der Waals surface area contributed by atoms with Gasteiger partial charge in [0.05, 0.1) is 13.2 Å². The van der Waals surface area contributed by atoms with Crippen molar-refractivity contribution in [2.75, 3.05) is 39.3 Å². The summed E-state index contributed by atoms with van der Waals surface area (Å²) in [4.78, 5) is 21.5. The number of rotatable bonds is 4. The van der Waals surface area contributed by atoms with E-state index in [0.29, 0.717) is 17.8 Å². The molecule has 0 aromatic carbocycles. The Morgan fingerprint density at radius 3 is 2.79 bits per heavy atom. The minimum atomic E-state index is -0.218. The van der Waals surface area contributed by atoms with Crippen molar-refractivity contribution in [1.82, 2.24) is 19.4 Å². The van der Waals surface area contributed by atoms with Gasteiger partial charge < -0.3 is 14.2 Å². The molecule has 1 aromatic rings. The average Bonchev–Trinajstić information content (AvgIpc) is 3.27. The van der Waals surface area contributed by atoms with Gasteiger partial charge in [0.1, 0.15) is 5.60 Å². The highest BCUT2D eigenvalue weighted by atomic mass is 16.5. The Morgan fingerprint density at radius 1 is 1.24 bits per heavy atom. The Balaban J connectivity index is 1.37. The van der Waals surface area contributed by atoms with Crippen molar-refractivity contribution in [3.63, 3.8) is 0 Å². The minimum Gasteiger partial charge on any atom is -0.370 e. The van der Waals surface area contributed by atoms with E-state index in [1.54, 1.807) is 21.9 Å². The number of hydrogen-bond acceptors (Lipinski definition) is 4. The maximum absolute atomic E-state index is 12.8. The zero-order valence-electron chi connectivity index (χ0n) is 18.5. The fourth-order valence-corrected chi connectivity index (χ4v) is 5.59. The number of imidazole rings is 1. The Bertz CT molecular complexity index is 797. The predicted octanol–water partition coefficient (Wildman–Crippen LogP) is 3.25. The molecule has 2 fully saturated rings. The third-order valence-corrected chi connectivity index (χ3v) is 7.31. The third kappa shape index (κ3) is 4.15. The van der Waals surface area contributed by atoms with Gasteiger partial charge in [-0.2, -0.15) is 0 Å². The molecule has 0 N–H and O–H groups in total. The molecule has 4 rings (SSSR count). The lowest BCUT2D eigenvalue weighted by atomic mass is 9.71. The van der Waals surface area contributed by atoms with Crippen LogP contribution in [-0.4, -0.2) is 70.2 Å². The first-order chi connectivity index (χ1) is 13.8. The van der Waals surface area contributed by atoms with Crippen molar-refractivity contribution in [2.45, 2.75) is 58.5 Å². The second-order valence-electron chi connectivity index (χ2n) is 9.89. The highest BCUT2D eigenvalue weighted by molar-refractivity contribution is 5.91. The van der Waals surface area contributed by atoms with Gasteiger partial charge in [-0.3, -0.25) is 9.69 Å². The fourth-order valence-electron chi connectivity index (χ4n) is 5.59. The Labute approximate surface area is 174 Å². The van der Waals surface area contributed by atoms with Crippen LogP contribution in [0.25, 0.3) is 0 Å². The van der Waals surface area contributed by atoms with Crippen molar-refractivity contribution in [1.29, 1.82) is 0 Å². The number of carbonyl (C=O) groups excluding carboxylic acids is 1. The van der Waals surface area contributed by atoms with Gasteiger partial charge in [-0.25, -0.2) is 4.98 Å². The van der Waals surface area contributed by atoms with E-state index < -0.39 is 0 Å². The maximum Gasteiger partial charge on any atom is 0.289 e. The van der Waals surface area contributed by atoms with E-state index >= 15 is 0 Å². The average molecular weight is 401 g/mol. The molecule has 2 saturated heterocycles. The second kappa shape index (κ2) is 7.88. The number of allylic oxidation sites excluding steroid dienone is 1. The van der Waals surface area contributed by atoms with E-state index in [9.17, 15) is 4.79 Å². The van der Waals surface area contributed by atoms with Crippen LogP contribution in [-0.2, 0) is 11.8 Å². The summed E-state index contributed by atoms with van der Waals surface area (Å²) in [5.41, 5.74) is 3.40. The number of ether oxygens (including phenoxy) is 1. The number of aromatic nitrogens is 2. The summed E-state index contributed by atoms with van der Waals surface area (Å²) in [6.45, 7) is 12.3. The maximum atomic E-state index is 12.8. The lowest BCUT2D eigenvalue weighted by Gasteiger charge is -2.41. The number of likely N-dealkylation sites (tertiary alicyclic amines) is 1. The van der Waals surface area contributed by atoms with Gasteiger partial charge in [0.15, 0.2) is 5.82 Å². The van der Waals surface area contributed by atoms with Crippen LogP contribution in [0.4, 0.5) is 0 Å². The van der Waals surface area contributed by atoms with Crippen LogP contribution in [0.15, 0.2) is 23.5 Å². The number of nitrogens with zero attached hydrogens (tertiary/aromatic N) is 4. The first-order valence-electron chi connectivity index (χ1n) is 11.1. The molecule has 1 aromatic heterocycles. The standard InChI is InChI=1S/C23H36N4O2/c1-18-6-5-8-22(2,3)19(18)7-11-26-14-15-29-23(16-26)9-12-27(17-23)21(28)20-24-10-13-25(20)4/h10,13H,5-9,11-12,14-17H2,1-4H3. The fraction of sp³-hybridized carbons (Fsp3) is 0.739. The highest BCUT2D eigenvalue weighted by Crippen LogP contribution is 2.42. The molecular weight excluding hydrogens is 364 g/mol.